The van der Waals surface area contributed by atoms with Crippen molar-refractivity contribution in [3.63, 3.8) is 0 Å². The van der Waals surface area contributed by atoms with E-state index in [1.807, 2.05) is 6.08 Å². The van der Waals surface area contributed by atoms with Gasteiger partial charge in [-0.2, -0.15) is 0 Å². The van der Waals surface area contributed by atoms with E-state index in [1.54, 1.807) is 6.08 Å². The van der Waals surface area contributed by atoms with Crippen molar-refractivity contribution in [3.8, 4) is 0 Å². The van der Waals surface area contributed by atoms with Gasteiger partial charge < -0.3 is 184 Å². The Bertz CT molecular complexity index is 2880. The third kappa shape index (κ3) is 29.7. The number of rotatable bonds is 52. The largest absolute Gasteiger partial charge is 0.394 e. The van der Waals surface area contributed by atoms with Crippen LogP contribution in [-0.2, 0) is 80.7 Å². The third-order valence-electron chi connectivity index (χ3n) is 23.3. The highest BCUT2D eigenvalue weighted by molar-refractivity contribution is 5.76. The van der Waals surface area contributed by atoms with Crippen molar-refractivity contribution < 1.29 is 183 Å². The fourth-order valence-electron chi connectivity index (χ4n) is 16.2. The summed E-state index contributed by atoms with van der Waals surface area (Å²) in [6.07, 6.45) is -34.1. The number of aliphatic hydroxyl groups is 20. The Morgan fingerprint density at radius 1 is 0.342 bits per heavy atom. The lowest BCUT2D eigenvalue weighted by atomic mass is 9.93. The van der Waals surface area contributed by atoms with Crippen molar-refractivity contribution in [2.75, 3.05) is 46.2 Å². The van der Waals surface area contributed by atoms with Crippen molar-refractivity contribution in [2.24, 2.45) is 0 Å². The van der Waals surface area contributed by atoms with Gasteiger partial charge in [-0.05, 0) is 26.2 Å². The first-order chi connectivity index (χ1) is 57.5. The number of ether oxygens (including phenoxy) is 14. The number of aliphatic hydroxyl groups excluding tert-OH is 20. The highest BCUT2D eigenvalue weighted by Crippen LogP contribution is 2.39. The fourth-order valence-corrected chi connectivity index (χ4v) is 16.2. The molecule has 0 aromatic carbocycles. The van der Waals surface area contributed by atoms with Crippen molar-refractivity contribution in [2.45, 2.75) is 429 Å². The Morgan fingerprint density at radius 2 is 0.692 bits per heavy atom. The van der Waals surface area contributed by atoms with Crippen molar-refractivity contribution in [1.29, 1.82) is 0 Å². The summed E-state index contributed by atoms with van der Waals surface area (Å²) in [5.74, 6) is -2.17. The molecule has 7 aliphatic rings. The molecule has 7 rings (SSSR count). The van der Waals surface area contributed by atoms with Crippen LogP contribution in [0, 0.1) is 0 Å². The topological polar surface area (TPSA) is 621 Å². The van der Waals surface area contributed by atoms with Gasteiger partial charge in [0.25, 0.3) is 0 Å². The predicted octanol–water partition coefficient (Wildman–Crippen LogP) is -4.35. The van der Waals surface area contributed by atoms with Gasteiger partial charge in [-0.25, -0.2) is 0 Å². The third-order valence-corrected chi connectivity index (χ3v) is 23.3. The zero-order chi connectivity index (χ0) is 87.9. The number of allylic oxidation sites excluding steroid dienone is 1. The van der Waals surface area contributed by atoms with E-state index in [9.17, 15) is 117 Å². The van der Waals surface area contributed by atoms with Crippen LogP contribution in [0.5, 0.6) is 0 Å². The number of amides is 3. The van der Waals surface area contributed by atoms with Gasteiger partial charge >= 0.3 is 0 Å². The number of carbonyl (C=O) groups excluding carboxylic acids is 3. The van der Waals surface area contributed by atoms with Crippen LogP contribution in [-0.4, -0.2) is 393 Å². The number of hydrogen-bond acceptors (Lipinski definition) is 37. The Hall–Kier alpha value is -3.21. The second-order valence-electron chi connectivity index (χ2n) is 32.7. The molecule has 7 heterocycles. The molecule has 7 fully saturated rings. The molecule has 700 valence electrons. The SMILES string of the molecule is CCCCCCCCCCCCC/C=C/[C@@H](O)[C@H](CO[C@@H]1OC(CO)[C@@H](O[C@@H]2OC(CO)[C@H](O)[C@H](O[C@@H]3OC(CO)[C@@H](O)[C@H](O[C@@H]4OC(CO)[C@H](O)[C@H](O[C@@H]5OC(CO)[C@@H](O[C@@H]6OC(CO)[C@H](O)[C@H](O)C6O[C@H]6OC(C)[C@@H](O)C(O)[C@@H]6O)[C@H](O)C5NC(C)=O)C4O)C3NC(C)=O)C2O)[C@H](O)C1O)NC(=O)CCCCCCCCCCCCCCC. The molecule has 0 radical (unpaired) electrons. The quantitative estimate of drug-likeness (QED) is 0.0202. The second-order valence-corrected chi connectivity index (χ2v) is 32.7. The normalized spacial score (nSPS) is 39.4. The Balaban J connectivity index is 1.02. The maximum absolute atomic E-state index is 13.6. The molecule has 7 saturated heterocycles. The van der Waals surface area contributed by atoms with Crippen LogP contribution in [0.4, 0.5) is 0 Å². The average molecular weight is 1740 g/mol. The van der Waals surface area contributed by atoms with Gasteiger partial charge in [-0.3, -0.25) is 14.4 Å². The summed E-state index contributed by atoms with van der Waals surface area (Å²) in [5.41, 5.74) is 0. The van der Waals surface area contributed by atoms with E-state index in [4.69, 9.17) is 66.3 Å². The Kier molecular flexibility index (Phi) is 46.3. The van der Waals surface area contributed by atoms with Crippen molar-refractivity contribution in [3.05, 3.63) is 12.2 Å². The predicted molar refractivity (Wildman–Crippen MR) is 416 cm³/mol. The van der Waals surface area contributed by atoms with Gasteiger partial charge in [0.2, 0.25) is 17.7 Å². The maximum Gasteiger partial charge on any atom is 0.220 e. The molecule has 0 aromatic rings. The zero-order valence-electron chi connectivity index (χ0n) is 69.7. The number of hydrogen-bond donors (Lipinski definition) is 23. The first-order valence-corrected chi connectivity index (χ1v) is 43.3. The summed E-state index contributed by atoms with van der Waals surface area (Å²) in [4.78, 5) is 39.7. The van der Waals surface area contributed by atoms with E-state index >= 15 is 0 Å². The molecule has 37 atom stereocenters. The molecule has 23 N–H and O–H groups in total. The molecule has 0 aliphatic carbocycles. The Morgan fingerprint density at radius 3 is 1.18 bits per heavy atom. The van der Waals surface area contributed by atoms with Gasteiger partial charge in [-0.15, -0.1) is 0 Å². The zero-order valence-corrected chi connectivity index (χ0v) is 69.7. The highest BCUT2D eigenvalue weighted by Gasteiger charge is 2.60. The highest BCUT2D eigenvalue weighted by atomic mass is 16.8. The van der Waals surface area contributed by atoms with Crippen LogP contribution in [0.25, 0.3) is 0 Å². The van der Waals surface area contributed by atoms with Gasteiger partial charge in [0.05, 0.1) is 64.5 Å². The van der Waals surface area contributed by atoms with E-state index in [0.717, 1.165) is 65.2 Å². The smallest absolute Gasteiger partial charge is 0.220 e. The van der Waals surface area contributed by atoms with Crippen molar-refractivity contribution in [1.82, 2.24) is 16.0 Å². The fraction of sp³-hybridized carbons (Fsp3) is 0.938. The summed E-state index contributed by atoms with van der Waals surface area (Å²) in [6.45, 7) is 0.977. The molecule has 3 amide bonds. The number of carbonyl (C=O) groups is 3. The van der Waals surface area contributed by atoms with Crippen molar-refractivity contribution >= 4 is 17.7 Å². The minimum absolute atomic E-state index is 0.160. The molecule has 7 aliphatic heterocycles. The summed E-state index contributed by atoms with van der Waals surface area (Å²) >= 11 is 0. The van der Waals surface area contributed by atoms with E-state index in [1.165, 1.54) is 103 Å². The average Bonchev–Trinajstić information content (AvgIpc) is 0.763. The minimum Gasteiger partial charge on any atom is -0.394 e. The van der Waals surface area contributed by atoms with E-state index in [-0.39, 0.29) is 12.3 Å². The molecule has 0 aromatic heterocycles. The molecule has 120 heavy (non-hydrogen) atoms. The minimum atomic E-state index is -2.34. The van der Waals surface area contributed by atoms with Crippen LogP contribution >= 0.6 is 0 Å². The van der Waals surface area contributed by atoms with Crippen LogP contribution in [0.2, 0.25) is 0 Å². The van der Waals surface area contributed by atoms with Gasteiger partial charge in [-0.1, -0.05) is 167 Å². The molecule has 40 heteroatoms. The molecule has 0 saturated carbocycles. The van der Waals surface area contributed by atoms with Crippen LogP contribution in [0.1, 0.15) is 202 Å². The standard InChI is InChI=1S/C80H143N3O37/c1-6-8-10-12-14-16-18-20-22-24-26-28-30-32-45(92)44(83-52(93)33-31-29-27-25-23-21-19-17-15-13-11-9-7-2)40-107-76-65(104)63(102)69(51(39-89)114-76)115-78-66(105)72(59(98)48(36-86)110-78)119-75-54(82-43(5)91)70(57(96)47(35-85)109-75)117-79-67(106)71(58(97)49(37-87)111-79)118-74-53(81-42(4)90)60(99)68(50(38-88)113-74)116-80-73(62(101)56(95)46(34-84)112-80)120-77-64(103)61(100)55(94)41(3)108-77/h30,32,41,44-51,53-80,84-89,92,94-106H,6-29,31,33-40H2,1-5H3,(H,81,90)(H,82,91)(H,83,93)/b32-30+/t41?,44-,45+,46?,47?,48?,49?,50?,51?,53?,54?,55+,56-,57+,58-,59-,60+,61?,62-,63+,64-,65?,66?,67?,68+,69+,70+,71-,72-,73?,74-,75-,76+,77+,78-,79-,80-/m0/s1. The molecule has 40 nitrogen and oxygen atoms in total. The lowest BCUT2D eigenvalue weighted by Gasteiger charge is -2.51. The Labute approximate surface area is 700 Å². The lowest BCUT2D eigenvalue weighted by Crippen LogP contribution is -2.71. The van der Waals surface area contributed by atoms with Crippen LogP contribution < -0.4 is 16.0 Å². The first-order valence-electron chi connectivity index (χ1n) is 43.3. The molecule has 14 unspecified atom stereocenters. The van der Waals surface area contributed by atoms with E-state index in [2.05, 4.69) is 29.8 Å². The summed E-state index contributed by atoms with van der Waals surface area (Å²) in [6, 6.07) is -4.85. The summed E-state index contributed by atoms with van der Waals surface area (Å²) in [5, 5.41) is 232. The van der Waals surface area contributed by atoms with E-state index < -0.39 is 285 Å². The monoisotopic (exact) mass is 1740 g/mol. The lowest BCUT2D eigenvalue weighted by molar-refractivity contribution is -0.392. The van der Waals surface area contributed by atoms with Crippen LogP contribution in [0.3, 0.4) is 0 Å². The van der Waals surface area contributed by atoms with Gasteiger partial charge in [0.15, 0.2) is 44.0 Å². The summed E-state index contributed by atoms with van der Waals surface area (Å²) < 4.78 is 83.3. The molecule has 0 spiro atoms. The molecular weight excluding hydrogens is 1590 g/mol. The maximum atomic E-state index is 13.6. The van der Waals surface area contributed by atoms with Gasteiger partial charge in [0, 0.05) is 20.3 Å². The summed E-state index contributed by atoms with van der Waals surface area (Å²) in [7, 11) is 0. The first kappa shape index (κ1) is 104. The van der Waals surface area contributed by atoms with E-state index in [0.29, 0.717) is 12.8 Å². The number of unbranched alkanes of at least 4 members (excludes halogenated alkanes) is 23. The number of nitrogens with one attached hydrogen (secondary N) is 3. The molecule has 0 bridgehead atoms. The van der Waals surface area contributed by atoms with Crippen LogP contribution in [0.15, 0.2) is 12.2 Å². The van der Waals surface area contributed by atoms with Gasteiger partial charge in [0.1, 0.15) is 165 Å². The molecular formula is C80H143N3O37. The second kappa shape index (κ2) is 53.6.